The van der Waals surface area contributed by atoms with Gasteiger partial charge in [-0.3, -0.25) is 4.79 Å². The highest BCUT2D eigenvalue weighted by Gasteiger charge is 2.39. The molecule has 1 amide bonds. The van der Waals surface area contributed by atoms with Crippen molar-refractivity contribution < 1.29 is 4.79 Å². The number of thiazole rings is 1. The topological polar surface area (TPSA) is 59.2 Å². The molecular weight excluding hydrogens is 330 g/mol. The van der Waals surface area contributed by atoms with E-state index in [9.17, 15) is 4.79 Å². The Morgan fingerprint density at radius 1 is 1.26 bits per heavy atom. The number of nitrogens with zero attached hydrogens (tertiary/aromatic N) is 2. The number of carbonyl (C=O) groups excluding carboxylic acids is 1. The van der Waals surface area contributed by atoms with Crippen molar-refractivity contribution in [1.29, 1.82) is 0 Å². The fraction of sp³-hybridized carbons (Fsp3) is 0.765. The van der Waals surface area contributed by atoms with Crippen LogP contribution in [-0.4, -0.2) is 34.4 Å². The summed E-state index contributed by atoms with van der Waals surface area (Å²) in [4.78, 5) is 19.6. The van der Waals surface area contributed by atoms with Gasteiger partial charge in [-0.15, -0.1) is 23.7 Å². The summed E-state index contributed by atoms with van der Waals surface area (Å²) in [6.45, 7) is 2.87. The second-order valence-electron chi connectivity index (χ2n) is 6.69. The lowest BCUT2D eigenvalue weighted by Crippen LogP contribution is -2.44. The minimum absolute atomic E-state index is 0. The van der Waals surface area contributed by atoms with Crippen LogP contribution < -0.4 is 5.73 Å². The summed E-state index contributed by atoms with van der Waals surface area (Å²) in [5.41, 5.74) is 6.22. The number of hydrogen-bond donors (Lipinski definition) is 1. The number of nitrogens with two attached hydrogens (primary N) is 1. The van der Waals surface area contributed by atoms with E-state index in [2.05, 4.69) is 16.8 Å². The normalized spacial score (nSPS) is 24.1. The maximum atomic E-state index is 12.9. The molecule has 6 heteroatoms. The molecule has 4 nitrogen and oxygen atoms in total. The van der Waals surface area contributed by atoms with Crippen molar-refractivity contribution in [2.24, 2.45) is 11.7 Å². The van der Waals surface area contributed by atoms with Gasteiger partial charge in [0.15, 0.2) is 0 Å². The zero-order valence-electron chi connectivity index (χ0n) is 13.9. The molecule has 0 aromatic carbocycles. The van der Waals surface area contributed by atoms with E-state index in [4.69, 9.17) is 5.73 Å². The van der Waals surface area contributed by atoms with Gasteiger partial charge in [-0.2, -0.15) is 0 Å². The van der Waals surface area contributed by atoms with Crippen LogP contribution in [-0.2, 0) is 6.42 Å². The Labute approximate surface area is 149 Å². The van der Waals surface area contributed by atoms with E-state index in [1.54, 1.807) is 11.3 Å². The fourth-order valence-electron chi connectivity index (χ4n) is 3.59. The Morgan fingerprint density at radius 3 is 2.39 bits per heavy atom. The Balaban J connectivity index is 0.00000192. The molecule has 0 atom stereocenters. The van der Waals surface area contributed by atoms with Gasteiger partial charge in [0.2, 0.25) is 0 Å². The van der Waals surface area contributed by atoms with Crippen LogP contribution in [0.3, 0.4) is 0 Å². The highest BCUT2D eigenvalue weighted by molar-refractivity contribution is 7.09. The van der Waals surface area contributed by atoms with Crippen LogP contribution in [0.1, 0.15) is 67.4 Å². The van der Waals surface area contributed by atoms with Crippen LogP contribution in [0.4, 0.5) is 0 Å². The summed E-state index contributed by atoms with van der Waals surface area (Å²) in [5.74, 6) is 1.02. The first-order valence-electron chi connectivity index (χ1n) is 8.70. The third kappa shape index (κ3) is 4.46. The molecule has 0 spiro atoms. The van der Waals surface area contributed by atoms with E-state index in [0.717, 1.165) is 17.3 Å². The van der Waals surface area contributed by atoms with E-state index in [-0.39, 0.29) is 18.3 Å². The van der Waals surface area contributed by atoms with Crippen LogP contribution >= 0.6 is 23.7 Å². The molecule has 1 aromatic heterocycles. The molecule has 2 saturated carbocycles. The zero-order chi connectivity index (χ0) is 15.5. The van der Waals surface area contributed by atoms with Gasteiger partial charge in [0.25, 0.3) is 5.91 Å². The van der Waals surface area contributed by atoms with Gasteiger partial charge < -0.3 is 10.6 Å². The van der Waals surface area contributed by atoms with E-state index >= 15 is 0 Å². The van der Waals surface area contributed by atoms with E-state index in [1.165, 1.54) is 44.9 Å². The molecular formula is C17H28ClN3OS. The summed E-state index contributed by atoms with van der Waals surface area (Å²) < 4.78 is 0. The van der Waals surface area contributed by atoms with E-state index in [0.29, 0.717) is 24.3 Å². The molecule has 0 radical (unpaired) electrons. The molecule has 3 rings (SSSR count). The Bertz CT molecular complexity index is 510. The molecule has 130 valence electrons. The van der Waals surface area contributed by atoms with E-state index in [1.807, 2.05) is 5.38 Å². The molecule has 2 N–H and O–H groups in total. The molecule has 1 aromatic rings. The van der Waals surface area contributed by atoms with E-state index < -0.39 is 0 Å². The fourth-order valence-corrected chi connectivity index (χ4v) is 4.38. The van der Waals surface area contributed by atoms with Crippen molar-refractivity contribution in [3.63, 3.8) is 0 Å². The number of halogens is 1. The van der Waals surface area contributed by atoms with Gasteiger partial charge in [-0.05, 0) is 51.0 Å². The quantitative estimate of drug-likeness (QED) is 0.845. The highest BCUT2D eigenvalue weighted by atomic mass is 35.5. The highest BCUT2D eigenvalue weighted by Crippen LogP contribution is 2.37. The predicted molar refractivity (Wildman–Crippen MR) is 97.3 cm³/mol. The molecule has 0 aliphatic heterocycles. The Hall–Kier alpha value is -0.650. The Morgan fingerprint density at radius 2 is 1.87 bits per heavy atom. The van der Waals surface area contributed by atoms with Gasteiger partial charge in [-0.25, -0.2) is 4.98 Å². The van der Waals surface area contributed by atoms with Crippen LogP contribution in [0.2, 0.25) is 0 Å². The van der Waals surface area contributed by atoms with Crippen molar-refractivity contribution >= 4 is 29.7 Å². The Kier molecular flexibility index (Phi) is 6.86. The number of amides is 1. The molecule has 23 heavy (non-hydrogen) atoms. The van der Waals surface area contributed by atoms with Crippen LogP contribution in [0, 0.1) is 5.92 Å². The molecule has 2 aliphatic carbocycles. The predicted octanol–water partition coefficient (Wildman–Crippen LogP) is 3.64. The third-order valence-electron chi connectivity index (χ3n) is 5.09. The summed E-state index contributed by atoms with van der Waals surface area (Å²) in [5, 5.41) is 2.90. The summed E-state index contributed by atoms with van der Waals surface area (Å²) in [6, 6.07) is 0.901. The second kappa shape index (κ2) is 8.45. The molecule has 0 bridgehead atoms. The van der Waals surface area contributed by atoms with Gasteiger partial charge >= 0.3 is 0 Å². The van der Waals surface area contributed by atoms with Gasteiger partial charge in [0.1, 0.15) is 5.69 Å². The zero-order valence-corrected chi connectivity index (χ0v) is 15.5. The molecule has 0 unspecified atom stereocenters. The first-order valence-corrected chi connectivity index (χ1v) is 9.58. The third-order valence-corrected chi connectivity index (χ3v) is 6.00. The SMILES string of the molecule is CCC1CCC(N(C(=O)c2csc(CCN)n2)C2CC2)CC1.Cl. The average Bonchev–Trinajstić information content (AvgIpc) is 3.26. The minimum Gasteiger partial charge on any atom is -0.331 e. The van der Waals surface area contributed by atoms with Crippen molar-refractivity contribution in [2.45, 2.75) is 70.4 Å². The number of aromatic nitrogens is 1. The largest absolute Gasteiger partial charge is 0.331 e. The summed E-state index contributed by atoms with van der Waals surface area (Å²) >= 11 is 1.56. The molecule has 0 saturated heterocycles. The monoisotopic (exact) mass is 357 g/mol. The second-order valence-corrected chi connectivity index (χ2v) is 7.63. The van der Waals surface area contributed by atoms with Crippen LogP contribution in [0.15, 0.2) is 5.38 Å². The average molecular weight is 358 g/mol. The van der Waals surface area contributed by atoms with Crippen molar-refractivity contribution in [2.75, 3.05) is 6.54 Å². The molecule has 1 heterocycles. The maximum absolute atomic E-state index is 12.9. The lowest BCUT2D eigenvalue weighted by molar-refractivity contribution is 0.0582. The first-order chi connectivity index (χ1) is 10.7. The smallest absolute Gasteiger partial charge is 0.273 e. The molecule has 2 fully saturated rings. The minimum atomic E-state index is 0. The lowest BCUT2D eigenvalue weighted by atomic mass is 9.84. The van der Waals surface area contributed by atoms with Gasteiger partial charge in [0, 0.05) is 23.9 Å². The summed E-state index contributed by atoms with van der Waals surface area (Å²) in [7, 11) is 0. The van der Waals surface area contributed by atoms with Crippen LogP contribution in [0.5, 0.6) is 0 Å². The van der Waals surface area contributed by atoms with Crippen molar-refractivity contribution in [1.82, 2.24) is 9.88 Å². The summed E-state index contributed by atoms with van der Waals surface area (Å²) in [6.07, 6.45) is 9.25. The van der Waals surface area contributed by atoms with Gasteiger partial charge in [0.05, 0.1) is 5.01 Å². The van der Waals surface area contributed by atoms with Crippen molar-refractivity contribution in [3.05, 3.63) is 16.1 Å². The first kappa shape index (κ1) is 18.7. The number of rotatable bonds is 6. The number of carbonyl (C=O) groups is 1. The van der Waals surface area contributed by atoms with Crippen LogP contribution in [0.25, 0.3) is 0 Å². The van der Waals surface area contributed by atoms with Gasteiger partial charge in [-0.1, -0.05) is 13.3 Å². The number of hydrogen-bond acceptors (Lipinski definition) is 4. The standard InChI is InChI=1S/C17H27N3OS.ClH/c1-2-12-3-5-13(6-4-12)20(14-7-8-14)17(21)15-11-22-16(19-15)9-10-18;/h11-14H,2-10,18H2,1H3;1H. The maximum Gasteiger partial charge on any atom is 0.273 e. The lowest BCUT2D eigenvalue weighted by Gasteiger charge is -2.36. The molecule has 2 aliphatic rings. The van der Waals surface area contributed by atoms with Crippen molar-refractivity contribution in [3.8, 4) is 0 Å².